The smallest absolute Gasteiger partial charge is 0.269 e. The van der Waals surface area contributed by atoms with Gasteiger partial charge in [0.25, 0.3) is 5.91 Å². The van der Waals surface area contributed by atoms with Crippen molar-refractivity contribution in [2.24, 2.45) is 7.05 Å². The van der Waals surface area contributed by atoms with Crippen LogP contribution < -0.4 is 16.0 Å². The lowest BCUT2D eigenvalue weighted by Gasteiger charge is -2.16. The number of anilines is 3. The highest BCUT2D eigenvalue weighted by molar-refractivity contribution is 7.18. The van der Waals surface area contributed by atoms with Gasteiger partial charge in [-0.3, -0.25) is 9.48 Å². The molecule has 0 aliphatic rings. The Morgan fingerprint density at radius 2 is 2.14 bits per heavy atom. The average Bonchev–Trinajstić information content (AvgIpc) is 2.94. The van der Waals surface area contributed by atoms with E-state index in [0.717, 1.165) is 23.9 Å². The molecule has 3 N–H and O–H groups in total. The fraction of sp³-hybridized carbons (Fsp3) is 0.462. The van der Waals surface area contributed by atoms with Gasteiger partial charge >= 0.3 is 0 Å². The molecule has 0 fully saturated rings. The average molecular weight is 308 g/mol. The van der Waals surface area contributed by atoms with Crippen molar-refractivity contribution >= 4 is 33.9 Å². The van der Waals surface area contributed by atoms with Crippen LogP contribution >= 0.6 is 11.3 Å². The molecule has 1 amide bonds. The van der Waals surface area contributed by atoms with E-state index in [1.165, 1.54) is 11.3 Å². The van der Waals surface area contributed by atoms with Crippen molar-refractivity contribution in [1.29, 1.82) is 0 Å². The second-order valence-electron chi connectivity index (χ2n) is 4.64. The summed E-state index contributed by atoms with van der Waals surface area (Å²) in [5, 5.41) is 7.79. The number of aromatic nitrogens is 3. The van der Waals surface area contributed by atoms with Gasteiger partial charge in [-0.2, -0.15) is 5.10 Å². The highest BCUT2D eigenvalue weighted by Gasteiger charge is 2.19. The number of nitrogen functional groups attached to an aromatic ring is 1. The summed E-state index contributed by atoms with van der Waals surface area (Å²) < 4.78 is 1.66. The summed E-state index contributed by atoms with van der Waals surface area (Å²) in [4.78, 5) is 19.1. The molecule has 2 aromatic rings. The predicted molar refractivity (Wildman–Crippen MR) is 86.0 cm³/mol. The van der Waals surface area contributed by atoms with Crippen molar-refractivity contribution < 1.29 is 4.79 Å². The van der Waals surface area contributed by atoms with Crippen molar-refractivity contribution in [3.05, 3.63) is 16.8 Å². The van der Waals surface area contributed by atoms with Gasteiger partial charge < -0.3 is 16.0 Å². The summed E-state index contributed by atoms with van der Waals surface area (Å²) in [7, 11) is 1.81. The summed E-state index contributed by atoms with van der Waals surface area (Å²) >= 11 is 1.31. The molecule has 0 aliphatic carbocycles. The summed E-state index contributed by atoms with van der Waals surface area (Å²) in [6.07, 6.45) is 1.76. The number of carbonyl (C=O) groups is 1. The van der Waals surface area contributed by atoms with E-state index in [2.05, 4.69) is 20.3 Å². The van der Waals surface area contributed by atoms with Gasteiger partial charge in [0.2, 0.25) is 0 Å². The van der Waals surface area contributed by atoms with Crippen LogP contribution in [-0.4, -0.2) is 33.8 Å². The van der Waals surface area contributed by atoms with Crippen molar-refractivity contribution in [1.82, 2.24) is 14.8 Å². The fourth-order valence-corrected chi connectivity index (χ4v) is 3.02. The number of hydrogen-bond acceptors (Lipinski definition) is 6. The van der Waals surface area contributed by atoms with Crippen LogP contribution in [0.15, 0.2) is 6.20 Å². The van der Waals surface area contributed by atoms with Gasteiger partial charge in [0.05, 0.1) is 11.4 Å². The maximum Gasteiger partial charge on any atom is 0.269 e. The molecule has 2 aromatic heterocycles. The SMILES string of the molecule is CCN(CC)c1nc(N)c(C(=O)Nc2cn(C)nc2C)s1. The Labute approximate surface area is 127 Å². The van der Waals surface area contributed by atoms with Crippen molar-refractivity contribution in [3.8, 4) is 0 Å². The number of nitrogens with zero attached hydrogens (tertiary/aromatic N) is 4. The Kier molecular flexibility index (Phi) is 4.46. The molecule has 0 aliphatic heterocycles. The number of carbonyl (C=O) groups excluding carboxylic acids is 1. The summed E-state index contributed by atoms with van der Waals surface area (Å²) in [6.45, 7) is 7.57. The maximum atomic E-state index is 12.3. The van der Waals surface area contributed by atoms with E-state index in [1.807, 2.05) is 27.8 Å². The monoisotopic (exact) mass is 308 g/mol. The number of nitrogens with two attached hydrogens (primary N) is 1. The van der Waals surface area contributed by atoms with E-state index >= 15 is 0 Å². The maximum absolute atomic E-state index is 12.3. The van der Waals surface area contributed by atoms with Gasteiger partial charge in [0.1, 0.15) is 10.7 Å². The molecule has 0 aromatic carbocycles. The van der Waals surface area contributed by atoms with Crippen LogP contribution in [0.4, 0.5) is 16.6 Å². The van der Waals surface area contributed by atoms with Gasteiger partial charge in [-0.1, -0.05) is 11.3 Å². The lowest BCUT2D eigenvalue weighted by atomic mass is 10.4. The molecule has 0 unspecified atom stereocenters. The molecule has 8 heteroatoms. The molecule has 114 valence electrons. The minimum atomic E-state index is -0.250. The molecule has 2 heterocycles. The van der Waals surface area contributed by atoms with E-state index in [0.29, 0.717) is 10.6 Å². The normalized spacial score (nSPS) is 10.7. The molecular formula is C13H20N6OS. The minimum absolute atomic E-state index is 0.250. The van der Waals surface area contributed by atoms with E-state index in [1.54, 1.807) is 10.9 Å². The Bertz CT molecular complexity index is 643. The van der Waals surface area contributed by atoms with Crippen LogP contribution in [-0.2, 0) is 7.05 Å². The van der Waals surface area contributed by atoms with E-state index in [9.17, 15) is 4.79 Å². The predicted octanol–water partition coefficient (Wildman–Crippen LogP) is 1.87. The molecule has 21 heavy (non-hydrogen) atoms. The quantitative estimate of drug-likeness (QED) is 0.880. The van der Waals surface area contributed by atoms with Gasteiger partial charge in [0, 0.05) is 26.3 Å². The van der Waals surface area contributed by atoms with Crippen LogP contribution in [0.3, 0.4) is 0 Å². The molecule has 0 bridgehead atoms. The van der Waals surface area contributed by atoms with E-state index < -0.39 is 0 Å². The summed E-state index contributed by atoms with van der Waals surface area (Å²) in [5.41, 5.74) is 7.32. The molecule has 0 radical (unpaired) electrons. The zero-order valence-electron chi connectivity index (χ0n) is 12.7. The number of rotatable bonds is 5. The molecular weight excluding hydrogens is 288 g/mol. The molecule has 0 saturated heterocycles. The second kappa shape index (κ2) is 6.13. The first kappa shape index (κ1) is 15.3. The highest BCUT2D eigenvalue weighted by Crippen LogP contribution is 2.29. The van der Waals surface area contributed by atoms with Crippen molar-refractivity contribution in [2.45, 2.75) is 20.8 Å². The van der Waals surface area contributed by atoms with Gasteiger partial charge in [-0.25, -0.2) is 4.98 Å². The third kappa shape index (κ3) is 3.15. The van der Waals surface area contributed by atoms with Crippen LogP contribution in [0.1, 0.15) is 29.2 Å². The van der Waals surface area contributed by atoms with Crippen LogP contribution in [0.5, 0.6) is 0 Å². The van der Waals surface area contributed by atoms with Gasteiger partial charge in [-0.15, -0.1) is 0 Å². The van der Waals surface area contributed by atoms with Crippen molar-refractivity contribution in [3.63, 3.8) is 0 Å². The third-order valence-corrected chi connectivity index (χ3v) is 4.27. The fourth-order valence-electron chi connectivity index (χ4n) is 2.01. The molecule has 2 rings (SSSR count). The first-order chi connectivity index (χ1) is 9.96. The standard InChI is InChI=1S/C13H20N6OS/c1-5-19(6-2)13-16-11(14)10(21-13)12(20)15-9-7-18(4)17-8(9)3/h7H,5-6,14H2,1-4H3,(H,15,20). The molecule has 0 spiro atoms. The van der Waals surface area contributed by atoms with Gasteiger partial charge in [0.15, 0.2) is 5.13 Å². The first-order valence-corrected chi connectivity index (χ1v) is 7.60. The van der Waals surface area contributed by atoms with E-state index in [-0.39, 0.29) is 11.7 Å². The first-order valence-electron chi connectivity index (χ1n) is 6.79. The number of amides is 1. The molecule has 0 atom stereocenters. The Hall–Kier alpha value is -2.09. The Morgan fingerprint density at radius 1 is 1.48 bits per heavy atom. The van der Waals surface area contributed by atoms with Crippen LogP contribution in [0.2, 0.25) is 0 Å². The number of aryl methyl sites for hydroxylation is 2. The van der Waals surface area contributed by atoms with E-state index in [4.69, 9.17) is 5.73 Å². The van der Waals surface area contributed by atoms with Crippen LogP contribution in [0, 0.1) is 6.92 Å². The zero-order chi connectivity index (χ0) is 15.6. The van der Waals surface area contributed by atoms with Gasteiger partial charge in [-0.05, 0) is 20.8 Å². The Morgan fingerprint density at radius 3 is 2.67 bits per heavy atom. The van der Waals surface area contributed by atoms with Crippen molar-refractivity contribution in [2.75, 3.05) is 29.0 Å². The topological polar surface area (TPSA) is 89.1 Å². The zero-order valence-corrected chi connectivity index (χ0v) is 13.5. The molecule has 0 saturated carbocycles. The Balaban J connectivity index is 2.21. The second-order valence-corrected chi connectivity index (χ2v) is 5.62. The largest absolute Gasteiger partial charge is 0.382 e. The third-order valence-electron chi connectivity index (χ3n) is 3.14. The number of nitrogens with one attached hydrogen (secondary N) is 1. The lowest BCUT2D eigenvalue weighted by Crippen LogP contribution is -2.21. The summed E-state index contributed by atoms with van der Waals surface area (Å²) in [5.74, 6) is 0.0143. The minimum Gasteiger partial charge on any atom is -0.382 e. The molecule has 7 nitrogen and oxygen atoms in total. The lowest BCUT2D eigenvalue weighted by molar-refractivity contribution is 0.103. The van der Waals surface area contributed by atoms with Crippen LogP contribution in [0.25, 0.3) is 0 Å². The summed E-state index contributed by atoms with van der Waals surface area (Å²) in [6, 6.07) is 0. The highest BCUT2D eigenvalue weighted by atomic mass is 32.1. The number of hydrogen-bond donors (Lipinski definition) is 2. The number of thiazole rings is 1.